The molecule has 29 heavy (non-hydrogen) atoms. The van der Waals surface area contributed by atoms with Crippen LogP contribution < -0.4 is 16.0 Å². The van der Waals surface area contributed by atoms with Crippen LogP contribution >= 0.6 is 23.2 Å². The van der Waals surface area contributed by atoms with Gasteiger partial charge in [0, 0.05) is 5.57 Å². The second kappa shape index (κ2) is 7.98. The first-order valence-corrected chi connectivity index (χ1v) is 8.93. The van der Waals surface area contributed by atoms with Gasteiger partial charge in [-0.25, -0.2) is 4.79 Å². The third-order valence-corrected chi connectivity index (χ3v) is 4.41. The van der Waals surface area contributed by atoms with Gasteiger partial charge in [0.15, 0.2) is 5.75 Å². The zero-order chi connectivity index (χ0) is 21.3. The molecular weight excluding hydrogens is 423 g/mol. The van der Waals surface area contributed by atoms with Gasteiger partial charge in [0.25, 0.3) is 11.5 Å². The van der Waals surface area contributed by atoms with Crippen molar-refractivity contribution in [2.75, 3.05) is 0 Å². The topological polar surface area (TPSA) is 143 Å². The van der Waals surface area contributed by atoms with Crippen LogP contribution in [-0.2, 0) is 4.79 Å². The molecular formula is C17H12Cl2N6O4. The van der Waals surface area contributed by atoms with E-state index in [1.54, 1.807) is 6.07 Å². The van der Waals surface area contributed by atoms with Crippen LogP contribution in [0.25, 0.3) is 5.69 Å². The summed E-state index contributed by atoms with van der Waals surface area (Å²) in [5.74, 6) is -0.467. The van der Waals surface area contributed by atoms with Crippen molar-refractivity contribution >= 4 is 29.1 Å². The summed E-state index contributed by atoms with van der Waals surface area (Å²) in [6.45, 7) is 3.67. The van der Waals surface area contributed by atoms with Gasteiger partial charge in [-0.2, -0.15) is 9.94 Å². The molecule has 0 saturated carbocycles. The molecule has 1 aliphatic heterocycles. The van der Waals surface area contributed by atoms with Crippen molar-refractivity contribution < 1.29 is 9.53 Å². The molecule has 0 spiro atoms. The normalized spacial score (nSPS) is 15.9. The van der Waals surface area contributed by atoms with Gasteiger partial charge in [-0.1, -0.05) is 37.0 Å². The lowest BCUT2D eigenvalue weighted by Crippen LogP contribution is -2.33. The molecule has 0 saturated heterocycles. The van der Waals surface area contributed by atoms with Crippen molar-refractivity contribution in [2.24, 2.45) is 16.1 Å². The highest BCUT2D eigenvalue weighted by molar-refractivity contribution is 6.37. The number of rotatable bonds is 4. The highest BCUT2D eigenvalue weighted by atomic mass is 35.5. The number of aromatic nitrogens is 3. The summed E-state index contributed by atoms with van der Waals surface area (Å²) in [5, 5.41) is 20.0. The Morgan fingerprint density at radius 2 is 1.90 bits per heavy atom. The number of carbonyl (C=O) groups excluding carboxylic acids is 1. The van der Waals surface area contributed by atoms with Gasteiger partial charge in [0.2, 0.25) is 11.9 Å². The van der Waals surface area contributed by atoms with Crippen molar-refractivity contribution in [2.45, 2.75) is 20.1 Å². The zero-order valence-electron chi connectivity index (χ0n) is 15.0. The predicted octanol–water partition coefficient (Wildman–Crippen LogP) is 2.38. The number of aromatic amines is 1. The molecule has 0 aliphatic carbocycles. The summed E-state index contributed by atoms with van der Waals surface area (Å²) in [5.41, 5.74) is -1.74. The molecule has 1 atom stereocenters. The zero-order valence-corrected chi connectivity index (χ0v) is 16.5. The number of nitrogens with zero attached hydrogens (tertiary/aromatic N) is 5. The van der Waals surface area contributed by atoms with Crippen molar-refractivity contribution in [3.63, 3.8) is 0 Å². The van der Waals surface area contributed by atoms with Gasteiger partial charge in [-0.3, -0.25) is 14.6 Å². The lowest BCUT2D eigenvalue weighted by molar-refractivity contribution is -0.115. The van der Waals surface area contributed by atoms with Crippen LogP contribution in [0.5, 0.6) is 5.75 Å². The highest BCUT2D eigenvalue weighted by Crippen LogP contribution is 2.36. The summed E-state index contributed by atoms with van der Waals surface area (Å²) < 4.78 is 6.43. The third-order valence-electron chi connectivity index (χ3n) is 3.85. The van der Waals surface area contributed by atoms with E-state index < -0.39 is 29.1 Å². The Balaban J connectivity index is 1.99. The van der Waals surface area contributed by atoms with Crippen LogP contribution in [0, 0.1) is 17.2 Å². The van der Waals surface area contributed by atoms with Crippen LogP contribution in [0.15, 0.2) is 43.6 Å². The van der Waals surface area contributed by atoms with Crippen LogP contribution in [0.3, 0.4) is 0 Å². The van der Waals surface area contributed by atoms with Crippen molar-refractivity contribution in [3.8, 4) is 17.5 Å². The van der Waals surface area contributed by atoms with E-state index in [0.717, 1.165) is 4.68 Å². The Hall–Kier alpha value is -3.29. The number of ether oxygens (including phenoxy) is 1. The van der Waals surface area contributed by atoms with Crippen LogP contribution in [0.1, 0.15) is 19.5 Å². The second-order valence-corrected chi connectivity index (χ2v) is 6.99. The number of benzene rings is 1. The number of amides is 1. The Labute approximate surface area is 173 Å². The fraction of sp³-hybridized carbons (Fsp3) is 0.235. The first-order valence-electron chi connectivity index (χ1n) is 8.18. The number of hydrogen-bond acceptors (Lipinski definition) is 7. The number of azo groups is 1. The first-order chi connectivity index (χ1) is 13.7. The lowest BCUT2D eigenvalue weighted by atomic mass is 10.0. The van der Waals surface area contributed by atoms with Gasteiger partial charge in [-0.15, -0.1) is 15.3 Å². The van der Waals surface area contributed by atoms with Crippen LogP contribution in [-0.4, -0.2) is 26.9 Å². The number of carbonyl (C=O) groups is 1. The Kier molecular flexibility index (Phi) is 5.63. The molecule has 1 aromatic carbocycles. The fourth-order valence-electron chi connectivity index (χ4n) is 2.47. The van der Waals surface area contributed by atoms with E-state index in [2.05, 4.69) is 15.3 Å². The van der Waals surface area contributed by atoms with E-state index in [4.69, 9.17) is 33.2 Å². The Morgan fingerprint density at radius 1 is 1.24 bits per heavy atom. The molecule has 1 amide bonds. The summed E-state index contributed by atoms with van der Waals surface area (Å²) in [4.78, 5) is 37.2. The summed E-state index contributed by atoms with van der Waals surface area (Å²) in [6.07, 6.45) is 0.610. The molecule has 1 N–H and O–H groups in total. The summed E-state index contributed by atoms with van der Waals surface area (Å²) in [6, 6.07) is 4.21. The van der Waals surface area contributed by atoms with Gasteiger partial charge >= 0.3 is 5.69 Å². The monoisotopic (exact) mass is 434 g/mol. The Morgan fingerprint density at radius 3 is 2.48 bits per heavy atom. The minimum atomic E-state index is -0.912. The van der Waals surface area contributed by atoms with E-state index in [1.807, 2.05) is 18.8 Å². The van der Waals surface area contributed by atoms with Gasteiger partial charge < -0.3 is 4.74 Å². The molecule has 1 unspecified atom stereocenters. The predicted molar refractivity (Wildman–Crippen MR) is 102 cm³/mol. The Bertz CT molecular complexity index is 1200. The number of halogens is 2. The maximum Gasteiger partial charge on any atom is 0.349 e. The first kappa shape index (κ1) is 20.4. The lowest BCUT2D eigenvalue weighted by Gasteiger charge is -2.19. The van der Waals surface area contributed by atoms with E-state index >= 15 is 0 Å². The molecule has 2 heterocycles. The number of nitriles is 1. The molecule has 12 heteroatoms. The molecule has 1 aromatic heterocycles. The molecule has 148 valence electrons. The average molecular weight is 435 g/mol. The molecule has 0 radical (unpaired) electrons. The second-order valence-electron chi connectivity index (χ2n) is 6.18. The molecule has 2 aromatic rings. The molecule has 0 bridgehead atoms. The van der Waals surface area contributed by atoms with Gasteiger partial charge in [0.1, 0.15) is 6.07 Å². The van der Waals surface area contributed by atoms with Gasteiger partial charge in [-0.05, 0) is 24.1 Å². The fourth-order valence-corrected chi connectivity index (χ4v) is 3.04. The highest BCUT2D eigenvalue weighted by Gasteiger charge is 2.23. The molecule has 3 rings (SSSR count). The standard InChI is InChI=1S/C17H12Cl2N6O4/c1-7(2)9-5-13(22-23-15(9)26)29-14-10(18)3-8(4-11(14)19)25-17(28)21-16(27)12(6-20)24-25/h3-5,7,13H,1-2H3,(H,21,27,28). The quantitative estimate of drug-likeness (QED) is 0.781. The third kappa shape index (κ3) is 4.11. The van der Waals surface area contributed by atoms with Crippen molar-refractivity contribution in [1.29, 1.82) is 5.26 Å². The number of hydrogen-bond donors (Lipinski definition) is 1. The van der Waals surface area contributed by atoms with E-state index in [0.29, 0.717) is 5.57 Å². The van der Waals surface area contributed by atoms with Crippen LogP contribution in [0.4, 0.5) is 0 Å². The largest absolute Gasteiger partial charge is 0.460 e. The smallest absolute Gasteiger partial charge is 0.349 e. The molecule has 0 fully saturated rings. The maximum absolute atomic E-state index is 12.0. The van der Waals surface area contributed by atoms with E-state index in [-0.39, 0.29) is 27.4 Å². The van der Waals surface area contributed by atoms with E-state index in [9.17, 15) is 14.4 Å². The molecule has 10 nitrogen and oxygen atoms in total. The number of H-pyrrole nitrogens is 1. The average Bonchev–Trinajstić information content (AvgIpc) is 2.65. The van der Waals surface area contributed by atoms with Crippen molar-refractivity contribution in [1.82, 2.24) is 14.8 Å². The summed E-state index contributed by atoms with van der Waals surface area (Å²) >= 11 is 12.5. The SMILES string of the molecule is CC(C)C1=CC(Oc2c(Cl)cc(-n3nc(C#N)c(=O)[nH]c3=O)cc2Cl)N=NC1=O. The van der Waals surface area contributed by atoms with Gasteiger partial charge in [0.05, 0.1) is 15.7 Å². The van der Waals surface area contributed by atoms with E-state index in [1.165, 1.54) is 18.2 Å². The minimum absolute atomic E-state index is 0.0116. The minimum Gasteiger partial charge on any atom is -0.460 e. The molecule has 1 aliphatic rings. The van der Waals surface area contributed by atoms with Crippen molar-refractivity contribution in [3.05, 3.63) is 60.4 Å². The summed E-state index contributed by atoms with van der Waals surface area (Å²) in [7, 11) is 0. The number of nitrogens with one attached hydrogen (secondary N) is 1. The van der Waals surface area contributed by atoms with Crippen LogP contribution in [0.2, 0.25) is 10.0 Å². The maximum atomic E-state index is 12.0.